The molecular formula is C29H22N8O10S2. The molecule has 0 unspecified atom stereocenters. The van der Waals surface area contributed by atoms with Crippen LogP contribution >= 0.6 is 0 Å². The maximum absolute atomic E-state index is 12.2. The molecule has 250 valence electrons. The molecule has 0 saturated carbocycles. The molecule has 0 spiro atoms. The summed E-state index contributed by atoms with van der Waals surface area (Å²) in [6.07, 6.45) is 17.7. The van der Waals surface area contributed by atoms with Crippen molar-refractivity contribution >= 4 is 59.3 Å². The van der Waals surface area contributed by atoms with Crippen molar-refractivity contribution in [3.8, 4) is 0 Å². The number of rotatable bonds is 5. The van der Waals surface area contributed by atoms with Gasteiger partial charge in [0.1, 0.15) is 22.0 Å². The molecule has 49 heavy (non-hydrogen) atoms. The lowest BCUT2D eigenvalue weighted by molar-refractivity contribution is -0.414. The van der Waals surface area contributed by atoms with Crippen LogP contribution in [0.5, 0.6) is 0 Å². The normalized spacial score (nSPS) is 21.6. The Bertz CT molecular complexity index is 2340. The molecule has 5 aliphatic carbocycles. The van der Waals surface area contributed by atoms with E-state index in [1.54, 1.807) is 0 Å². The van der Waals surface area contributed by atoms with E-state index in [9.17, 15) is 46.6 Å². The third-order valence-electron chi connectivity index (χ3n) is 6.70. The molecule has 0 aromatic heterocycles. The Balaban J connectivity index is 1.40. The van der Waals surface area contributed by atoms with Gasteiger partial charge >= 0.3 is 0 Å². The minimum Gasteiger partial charge on any atom is -0.505 e. The largest absolute Gasteiger partial charge is 0.505 e. The Morgan fingerprint density at radius 1 is 0.796 bits per heavy atom. The molecule has 0 aromatic carbocycles. The van der Waals surface area contributed by atoms with Crippen LogP contribution in [0.1, 0.15) is 0 Å². The lowest BCUT2D eigenvalue weighted by Gasteiger charge is -2.20. The number of nitrogens with zero attached hydrogens (tertiary/aromatic N) is 6. The first-order chi connectivity index (χ1) is 23.0. The van der Waals surface area contributed by atoms with E-state index in [-0.39, 0.29) is 50.1 Å². The summed E-state index contributed by atoms with van der Waals surface area (Å²) in [7, 11) is -9.18. The minimum atomic E-state index is -4.96. The summed E-state index contributed by atoms with van der Waals surface area (Å²) in [5, 5.41) is 55.8. The van der Waals surface area contributed by atoms with Gasteiger partial charge in [-0.1, -0.05) is 0 Å². The Morgan fingerprint density at radius 3 is 1.98 bits per heavy atom. The van der Waals surface area contributed by atoms with E-state index in [0.717, 1.165) is 30.4 Å². The molecule has 0 radical (unpaired) electrons. The van der Waals surface area contributed by atoms with Crippen molar-refractivity contribution in [1.29, 1.82) is 5.41 Å². The first-order valence-electron chi connectivity index (χ1n) is 13.4. The molecule has 0 heterocycles. The number of allylic oxidation sites excluding steroid dienone is 18. The fourth-order valence-electron chi connectivity index (χ4n) is 4.31. The van der Waals surface area contributed by atoms with Crippen molar-refractivity contribution in [2.24, 2.45) is 31.1 Å². The number of hydrogen-bond acceptors (Lipinski definition) is 14. The van der Waals surface area contributed by atoms with Gasteiger partial charge in [-0.15, -0.1) is 10.2 Å². The van der Waals surface area contributed by atoms with E-state index in [1.165, 1.54) is 54.7 Å². The SMILES string of the molecule is N=C1C=C(N)C(=NN=C2C=CC(=C(O)N=C3C=CC4=C(O)C(=NN=C5C=CC(=S(=O)(O)O)C=C5)C(S(=O)(=O)O)=CC4=C3)C=C2)C=C1[N+](=O)[O-]. The van der Waals surface area contributed by atoms with Gasteiger partial charge in [0.2, 0.25) is 16.0 Å². The third-order valence-corrected chi connectivity index (χ3v) is 8.45. The van der Waals surface area contributed by atoms with E-state index in [2.05, 4.69) is 25.4 Å². The van der Waals surface area contributed by atoms with Crippen molar-refractivity contribution in [1.82, 2.24) is 0 Å². The predicted octanol–water partition coefficient (Wildman–Crippen LogP) is 2.58. The van der Waals surface area contributed by atoms with E-state index in [1.807, 2.05) is 0 Å². The van der Waals surface area contributed by atoms with Crippen LogP contribution in [0.3, 0.4) is 0 Å². The summed E-state index contributed by atoms with van der Waals surface area (Å²) >= 11 is 0. The van der Waals surface area contributed by atoms with Gasteiger partial charge in [-0.3, -0.25) is 29.2 Å². The highest BCUT2D eigenvalue weighted by Crippen LogP contribution is 2.32. The second-order valence-corrected chi connectivity index (χ2v) is 12.9. The highest BCUT2D eigenvalue weighted by atomic mass is 32.2. The van der Waals surface area contributed by atoms with Gasteiger partial charge in [0, 0.05) is 17.2 Å². The van der Waals surface area contributed by atoms with Crippen molar-refractivity contribution < 1.29 is 41.4 Å². The van der Waals surface area contributed by atoms with Crippen LogP contribution in [0, 0.1) is 15.5 Å². The molecular weight excluding hydrogens is 684 g/mol. The number of aliphatic hydroxyl groups excluding tert-OH is 2. The number of fused-ring (bicyclic) bond motifs is 1. The monoisotopic (exact) mass is 706 g/mol. The number of aliphatic imine (C=N–C) groups is 1. The van der Waals surface area contributed by atoms with E-state index >= 15 is 0 Å². The Kier molecular flexibility index (Phi) is 9.16. The second kappa shape index (κ2) is 13.1. The van der Waals surface area contributed by atoms with E-state index < -0.39 is 53.1 Å². The third kappa shape index (κ3) is 7.69. The number of nitrogens with one attached hydrogen (secondary N) is 1. The standard InChI is InChI=1S/C29H22N8O10S2/c30-22-13-23(31)25(37(40)41)14-24(22)35-33-17-3-1-15(2-4-17)29(39)32-19-7-10-21-16(11-19)12-26(49(45,46)47)27(28(21)38)36-34-18-5-8-20(9-6-18)48(42,43)44/h1-14,31,38-39H,30H2,(H2,42,43,44)(H,45,46,47). The minimum absolute atomic E-state index is 0.0130. The summed E-state index contributed by atoms with van der Waals surface area (Å²) < 4.78 is 64.1. The van der Waals surface area contributed by atoms with Crippen LogP contribution in [-0.2, 0) is 20.2 Å². The average molecular weight is 707 g/mol. The van der Waals surface area contributed by atoms with Crippen LogP contribution in [0.15, 0.2) is 155 Å². The molecule has 0 aliphatic heterocycles. The number of aliphatic hydroxyl groups is 2. The van der Waals surface area contributed by atoms with Gasteiger partial charge < -0.3 is 15.9 Å². The van der Waals surface area contributed by atoms with Gasteiger partial charge in [-0.05, 0) is 84.6 Å². The molecule has 0 amide bonds. The highest BCUT2D eigenvalue weighted by Gasteiger charge is 2.32. The quantitative estimate of drug-likeness (QED) is 0.0544. The molecule has 0 fully saturated rings. The van der Waals surface area contributed by atoms with Gasteiger partial charge in [0.25, 0.3) is 15.8 Å². The molecule has 8 N–H and O–H groups in total. The van der Waals surface area contributed by atoms with Crippen molar-refractivity contribution in [3.63, 3.8) is 0 Å². The fourth-order valence-corrected chi connectivity index (χ4v) is 5.46. The lowest BCUT2D eigenvalue weighted by atomic mass is 9.91. The molecule has 0 atom stereocenters. The molecule has 20 heteroatoms. The molecule has 18 nitrogen and oxygen atoms in total. The van der Waals surface area contributed by atoms with Crippen LogP contribution in [0.25, 0.3) is 0 Å². The number of nitrogens with two attached hydrogens (primary N) is 1. The van der Waals surface area contributed by atoms with Gasteiger partial charge in [-0.25, -0.2) is 9.20 Å². The van der Waals surface area contributed by atoms with E-state index in [0.29, 0.717) is 5.71 Å². The summed E-state index contributed by atoms with van der Waals surface area (Å²) in [4.78, 5) is 13.4. The zero-order chi connectivity index (χ0) is 35.7. The number of hydrogen-bond donors (Lipinski definition) is 7. The van der Waals surface area contributed by atoms with Gasteiger partial charge in [0.05, 0.1) is 32.6 Å². The second-order valence-electron chi connectivity index (χ2n) is 10.0. The summed E-state index contributed by atoms with van der Waals surface area (Å²) in [6.45, 7) is 0. The summed E-state index contributed by atoms with van der Waals surface area (Å²) in [5.41, 5.74) is 5.22. The number of nitro groups is 1. The fraction of sp³-hybridized carbons (Fsp3) is 0. The Morgan fingerprint density at radius 2 is 1.39 bits per heavy atom. The van der Waals surface area contributed by atoms with Gasteiger partial charge in [0.15, 0.2) is 5.76 Å². The first-order valence-corrected chi connectivity index (χ1v) is 16.3. The van der Waals surface area contributed by atoms with E-state index in [4.69, 9.17) is 11.1 Å². The van der Waals surface area contributed by atoms with Crippen molar-refractivity contribution in [2.45, 2.75) is 0 Å². The van der Waals surface area contributed by atoms with Crippen LogP contribution < -0.4 is 5.73 Å². The summed E-state index contributed by atoms with van der Waals surface area (Å²) in [6, 6.07) is 0. The maximum atomic E-state index is 12.2. The highest BCUT2D eigenvalue weighted by molar-refractivity contribution is 7.92. The predicted molar refractivity (Wildman–Crippen MR) is 183 cm³/mol. The Labute approximate surface area is 276 Å². The molecule has 0 saturated heterocycles. The van der Waals surface area contributed by atoms with Crippen LogP contribution in [0.4, 0.5) is 0 Å². The molecule has 0 aromatic rings. The maximum Gasteiger partial charge on any atom is 0.296 e. The average Bonchev–Trinajstić information content (AvgIpc) is 3.03. The Hall–Kier alpha value is -6.19. The zero-order valence-electron chi connectivity index (χ0n) is 24.4. The molecule has 5 aliphatic rings. The first kappa shape index (κ1) is 34.2. The summed E-state index contributed by atoms with van der Waals surface area (Å²) in [5.74, 6) is -1.11. The van der Waals surface area contributed by atoms with Crippen LogP contribution in [0.2, 0.25) is 0 Å². The van der Waals surface area contributed by atoms with Crippen molar-refractivity contribution in [2.75, 3.05) is 0 Å². The van der Waals surface area contributed by atoms with Crippen LogP contribution in [-0.4, -0.2) is 80.6 Å². The lowest BCUT2D eigenvalue weighted by Crippen LogP contribution is -2.21. The van der Waals surface area contributed by atoms with Crippen molar-refractivity contribution in [3.05, 3.63) is 140 Å². The smallest absolute Gasteiger partial charge is 0.296 e. The molecule has 5 rings (SSSR count). The zero-order valence-corrected chi connectivity index (χ0v) is 26.1. The van der Waals surface area contributed by atoms with Gasteiger partial charge in [-0.2, -0.15) is 18.6 Å². The molecule has 0 bridgehead atoms. The topological polar surface area (TPSA) is 307 Å².